The van der Waals surface area contributed by atoms with Crippen molar-refractivity contribution in [1.82, 2.24) is 24.2 Å². The molecule has 0 N–H and O–H groups in total. The quantitative estimate of drug-likeness (QED) is 0.441. The fraction of sp³-hybridized carbons (Fsp3) is 0.261. The predicted molar refractivity (Wildman–Crippen MR) is 112 cm³/mol. The number of carbonyl (C=O) groups excluding carboxylic acids is 1. The number of amides is 1. The van der Waals surface area contributed by atoms with E-state index in [0.29, 0.717) is 29.9 Å². The summed E-state index contributed by atoms with van der Waals surface area (Å²) in [7, 11) is 3.55. The van der Waals surface area contributed by atoms with Crippen molar-refractivity contribution in [3.63, 3.8) is 0 Å². The highest BCUT2D eigenvalue weighted by atomic mass is 19.2. The van der Waals surface area contributed by atoms with E-state index in [9.17, 15) is 18.0 Å². The average Bonchev–Trinajstić information content (AvgIpc) is 3.29. The topological polar surface area (TPSA) is 56.0 Å². The second kappa shape index (κ2) is 7.22. The van der Waals surface area contributed by atoms with Gasteiger partial charge in [0, 0.05) is 55.7 Å². The lowest BCUT2D eigenvalue weighted by molar-refractivity contribution is 0.0675. The van der Waals surface area contributed by atoms with Crippen LogP contribution in [-0.2, 0) is 20.5 Å². The van der Waals surface area contributed by atoms with Gasteiger partial charge in [0.05, 0.1) is 28.5 Å². The van der Waals surface area contributed by atoms with Crippen LogP contribution in [0.3, 0.4) is 0 Å². The first-order valence-electron chi connectivity index (χ1n) is 10.2. The molecule has 1 amide bonds. The van der Waals surface area contributed by atoms with Crippen molar-refractivity contribution in [3.8, 4) is 11.3 Å². The Labute approximate surface area is 181 Å². The molecule has 0 aliphatic carbocycles. The van der Waals surface area contributed by atoms with E-state index in [1.54, 1.807) is 30.5 Å². The molecule has 0 fully saturated rings. The summed E-state index contributed by atoms with van der Waals surface area (Å²) in [6.07, 6.45) is 5.62. The number of aromatic nitrogens is 4. The van der Waals surface area contributed by atoms with Crippen LogP contribution in [0.4, 0.5) is 13.2 Å². The molecule has 1 aliphatic rings. The number of halogens is 3. The molecule has 1 aliphatic heterocycles. The molecule has 0 spiro atoms. The highest BCUT2D eigenvalue weighted by molar-refractivity contribution is 6.07. The van der Waals surface area contributed by atoms with Crippen LogP contribution in [-0.4, -0.2) is 36.7 Å². The third kappa shape index (κ3) is 2.91. The monoisotopic (exact) mass is 439 g/mol. The molecule has 0 saturated carbocycles. The molecule has 164 valence electrons. The minimum atomic E-state index is -1.50. The van der Waals surface area contributed by atoms with Gasteiger partial charge in [0.15, 0.2) is 17.5 Å². The van der Waals surface area contributed by atoms with E-state index in [4.69, 9.17) is 0 Å². The minimum Gasteiger partial charge on any atom is -0.350 e. The van der Waals surface area contributed by atoms with Gasteiger partial charge in [-0.15, -0.1) is 0 Å². The molecule has 32 heavy (non-hydrogen) atoms. The van der Waals surface area contributed by atoms with E-state index in [0.717, 1.165) is 28.6 Å². The van der Waals surface area contributed by atoms with Gasteiger partial charge in [0.25, 0.3) is 5.91 Å². The summed E-state index contributed by atoms with van der Waals surface area (Å²) in [5, 5.41) is 5.33. The van der Waals surface area contributed by atoms with E-state index in [1.807, 2.05) is 24.6 Å². The molecule has 0 saturated heterocycles. The summed E-state index contributed by atoms with van der Waals surface area (Å²) in [4.78, 5) is 19.3. The van der Waals surface area contributed by atoms with E-state index in [-0.39, 0.29) is 17.5 Å². The number of nitrogens with zero attached hydrogens (tertiary/aromatic N) is 5. The van der Waals surface area contributed by atoms with Gasteiger partial charge in [-0.2, -0.15) is 5.10 Å². The first-order chi connectivity index (χ1) is 15.3. The van der Waals surface area contributed by atoms with E-state index >= 15 is 0 Å². The van der Waals surface area contributed by atoms with Gasteiger partial charge in [0.2, 0.25) is 0 Å². The number of hydrogen-bond donors (Lipinski definition) is 0. The van der Waals surface area contributed by atoms with Gasteiger partial charge >= 0.3 is 0 Å². The van der Waals surface area contributed by atoms with Crippen molar-refractivity contribution >= 4 is 16.8 Å². The molecule has 1 aromatic carbocycles. The molecule has 3 aromatic heterocycles. The van der Waals surface area contributed by atoms with Crippen LogP contribution in [0.15, 0.2) is 36.8 Å². The second-order valence-electron chi connectivity index (χ2n) is 8.06. The Kier molecular flexibility index (Phi) is 4.58. The lowest BCUT2D eigenvalue weighted by atomic mass is 9.95. The minimum absolute atomic E-state index is 0.132. The SMILES string of the molecule is C[C@H]1c2nn(C)c(-c3cc(F)c(F)c(F)c3)c2CCN1C(=O)c1cn(C)c2ccncc12. The number of fused-ring (bicyclic) bond motifs is 2. The Hall–Kier alpha value is -3.62. The third-order valence-electron chi connectivity index (χ3n) is 6.18. The number of aryl methyl sites for hydroxylation is 2. The molecule has 1 atom stereocenters. The van der Waals surface area contributed by atoms with Gasteiger partial charge in [-0.05, 0) is 31.5 Å². The fourth-order valence-electron chi connectivity index (χ4n) is 4.64. The number of rotatable bonds is 2. The summed E-state index contributed by atoms with van der Waals surface area (Å²) in [6.45, 7) is 2.29. The maximum atomic E-state index is 13.9. The molecule has 0 radical (unpaired) electrons. The van der Waals surface area contributed by atoms with Crippen LogP contribution in [0.25, 0.3) is 22.2 Å². The Morgan fingerprint density at radius 1 is 1.16 bits per heavy atom. The van der Waals surface area contributed by atoms with Crippen LogP contribution >= 0.6 is 0 Å². The van der Waals surface area contributed by atoms with Crippen LogP contribution in [0.2, 0.25) is 0 Å². The zero-order chi connectivity index (χ0) is 22.7. The Morgan fingerprint density at radius 2 is 1.88 bits per heavy atom. The highest BCUT2D eigenvalue weighted by Crippen LogP contribution is 2.37. The molecule has 4 heterocycles. The lowest BCUT2D eigenvalue weighted by Crippen LogP contribution is -2.38. The van der Waals surface area contributed by atoms with Crippen molar-refractivity contribution in [2.45, 2.75) is 19.4 Å². The van der Waals surface area contributed by atoms with Crippen LogP contribution in [0.5, 0.6) is 0 Å². The average molecular weight is 439 g/mol. The standard InChI is InChI=1S/C23H20F3N5O/c1-12-21-14(22(30(3)28-21)13-8-17(24)20(26)18(25)9-13)5-7-31(12)23(32)16-11-29(2)19-4-6-27-10-15(16)19/h4,6,8-12H,5,7H2,1-3H3/t12-/m0/s1. The summed E-state index contributed by atoms with van der Waals surface area (Å²) < 4.78 is 44.6. The van der Waals surface area contributed by atoms with E-state index in [2.05, 4.69) is 10.1 Å². The number of pyridine rings is 1. The van der Waals surface area contributed by atoms with Crippen molar-refractivity contribution in [3.05, 3.63) is 71.1 Å². The predicted octanol–water partition coefficient (Wildman–Crippen LogP) is 4.15. The molecule has 4 aromatic rings. The maximum Gasteiger partial charge on any atom is 0.256 e. The number of hydrogen-bond acceptors (Lipinski definition) is 3. The van der Waals surface area contributed by atoms with Gasteiger partial charge in [0.1, 0.15) is 0 Å². The van der Waals surface area contributed by atoms with Crippen molar-refractivity contribution in [2.75, 3.05) is 6.54 Å². The fourth-order valence-corrected chi connectivity index (χ4v) is 4.64. The molecular weight excluding hydrogens is 419 g/mol. The molecule has 6 nitrogen and oxygen atoms in total. The Balaban J connectivity index is 1.54. The molecule has 5 rings (SSSR count). The molecule has 9 heteroatoms. The van der Waals surface area contributed by atoms with E-state index < -0.39 is 17.5 Å². The van der Waals surface area contributed by atoms with Crippen molar-refractivity contribution < 1.29 is 18.0 Å². The first kappa shape index (κ1) is 20.3. The van der Waals surface area contributed by atoms with Crippen LogP contribution in [0, 0.1) is 17.5 Å². The van der Waals surface area contributed by atoms with Crippen molar-refractivity contribution in [1.29, 1.82) is 0 Å². The highest BCUT2D eigenvalue weighted by Gasteiger charge is 2.34. The maximum absolute atomic E-state index is 13.9. The first-order valence-corrected chi connectivity index (χ1v) is 10.2. The van der Waals surface area contributed by atoms with Crippen molar-refractivity contribution in [2.24, 2.45) is 14.1 Å². The summed E-state index contributed by atoms with van der Waals surface area (Å²) in [6, 6.07) is 3.45. The second-order valence-corrected chi connectivity index (χ2v) is 8.06. The molecule has 0 bridgehead atoms. The zero-order valence-corrected chi connectivity index (χ0v) is 17.7. The zero-order valence-electron chi connectivity index (χ0n) is 17.7. The van der Waals surface area contributed by atoms with Crippen LogP contribution < -0.4 is 0 Å². The summed E-state index contributed by atoms with van der Waals surface area (Å²) in [5.74, 6) is -4.13. The largest absolute Gasteiger partial charge is 0.350 e. The normalized spacial score (nSPS) is 15.9. The summed E-state index contributed by atoms with van der Waals surface area (Å²) >= 11 is 0. The third-order valence-corrected chi connectivity index (χ3v) is 6.18. The van der Waals surface area contributed by atoms with E-state index in [1.165, 1.54) is 4.68 Å². The smallest absolute Gasteiger partial charge is 0.256 e. The molecule has 0 unspecified atom stereocenters. The van der Waals surface area contributed by atoms with Crippen LogP contribution in [0.1, 0.15) is 34.6 Å². The Morgan fingerprint density at radius 3 is 2.59 bits per heavy atom. The van der Waals surface area contributed by atoms with Gasteiger partial charge < -0.3 is 9.47 Å². The summed E-state index contributed by atoms with van der Waals surface area (Å²) in [5.41, 5.74) is 3.66. The van der Waals surface area contributed by atoms with Gasteiger partial charge in [-0.1, -0.05) is 0 Å². The van der Waals surface area contributed by atoms with Gasteiger partial charge in [-0.3, -0.25) is 14.5 Å². The Bertz CT molecular complexity index is 1370. The molecular formula is C23H20F3N5O. The number of carbonyl (C=O) groups is 1. The number of benzene rings is 1. The van der Waals surface area contributed by atoms with Gasteiger partial charge in [-0.25, -0.2) is 13.2 Å². The lowest BCUT2D eigenvalue weighted by Gasteiger charge is -2.33.